The summed E-state index contributed by atoms with van der Waals surface area (Å²) >= 11 is 6.17. The van der Waals surface area contributed by atoms with Gasteiger partial charge in [0, 0.05) is 6.07 Å². The fourth-order valence-corrected chi connectivity index (χ4v) is 5.24. The predicted octanol–water partition coefficient (Wildman–Crippen LogP) is 5.91. The van der Waals surface area contributed by atoms with E-state index >= 15 is 0 Å². The fourth-order valence-electron chi connectivity index (χ4n) is 2.90. The van der Waals surface area contributed by atoms with E-state index in [2.05, 4.69) is 31.4 Å². The number of benzene rings is 3. The van der Waals surface area contributed by atoms with Crippen molar-refractivity contribution in [2.24, 2.45) is 5.10 Å². The average molecular weight is 588 g/mol. The van der Waals surface area contributed by atoms with Crippen molar-refractivity contribution in [3.8, 4) is 11.5 Å². The maximum atomic E-state index is 12.1. The van der Waals surface area contributed by atoms with Gasteiger partial charge in [0.15, 0.2) is 4.34 Å². The summed E-state index contributed by atoms with van der Waals surface area (Å²) in [4.78, 5) is 37.3. The van der Waals surface area contributed by atoms with Crippen molar-refractivity contribution in [2.45, 2.75) is 4.34 Å². The smallest absolute Gasteiger partial charge is 0.318 e. The third-order valence-electron chi connectivity index (χ3n) is 4.53. The Labute approximate surface area is 219 Å². The number of thioether (sulfide) groups is 1. The topological polar surface area (TPSA) is 150 Å². The number of fused-ring (bicyclic) bond motifs is 1. The largest absolute Gasteiger partial charge is 0.449 e. The van der Waals surface area contributed by atoms with E-state index in [0.717, 1.165) is 26.7 Å². The molecular weight excluding hydrogens is 574 g/mol. The van der Waals surface area contributed by atoms with Crippen LogP contribution in [0, 0.1) is 20.2 Å². The first-order valence-corrected chi connectivity index (χ1v) is 12.6. The zero-order valence-corrected chi connectivity index (χ0v) is 21.2. The molecule has 0 unspecified atom stereocenters. The summed E-state index contributed by atoms with van der Waals surface area (Å²) in [6, 6.07) is 15.7. The molecular formula is C22H14BrN5O6S2. The van der Waals surface area contributed by atoms with E-state index in [1.165, 1.54) is 35.4 Å². The summed E-state index contributed by atoms with van der Waals surface area (Å²) in [6.07, 6.45) is 1.43. The summed E-state index contributed by atoms with van der Waals surface area (Å²) in [6.45, 7) is 0. The Kier molecular flexibility index (Phi) is 7.87. The Bertz CT molecular complexity index is 1480. The van der Waals surface area contributed by atoms with Gasteiger partial charge < -0.3 is 4.74 Å². The zero-order chi connectivity index (χ0) is 25.7. The summed E-state index contributed by atoms with van der Waals surface area (Å²) in [7, 11) is 0. The Morgan fingerprint density at radius 3 is 2.61 bits per heavy atom. The Morgan fingerprint density at radius 1 is 1.11 bits per heavy atom. The minimum absolute atomic E-state index is 0.148. The number of nitrogens with one attached hydrogen (secondary N) is 1. The van der Waals surface area contributed by atoms with Gasteiger partial charge in [0.1, 0.15) is 5.75 Å². The van der Waals surface area contributed by atoms with Gasteiger partial charge in [-0.3, -0.25) is 25.0 Å². The van der Waals surface area contributed by atoms with Gasteiger partial charge in [-0.2, -0.15) is 5.10 Å². The van der Waals surface area contributed by atoms with Crippen LogP contribution in [-0.2, 0) is 4.79 Å². The normalized spacial score (nSPS) is 11.0. The van der Waals surface area contributed by atoms with Crippen LogP contribution in [0.3, 0.4) is 0 Å². The van der Waals surface area contributed by atoms with Gasteiger partial charge in [-0.1, -0.05) is 23.9 Å². The Balaban J connectivity index is 1.35. The summed E-state index contributed by atoms with van der Waals surface area (Å²) in [5.74, 6) is -0.0345. The highest BCUT2D eigenvalue weighted by atomic mass is 79.9. The monoisotopic (exact) mass is 587 g/mol. The number of hydrazone groups is 1. The van der Waals surface area contributed by atoms with Gasteiger partial charge in [-0.15, -0.1) is 11.3 Å². The predicted molar refractivity (Wildman–Crippen MR) is 140 cm³/mol. The number of halogens is 1. The van der Waals surface area contributed by atoms with Crippen molar-refractivity contribution in [3.05, 3.63) is 90.9 Å². The molecule has 0 saturated carbocycles. The number of nitro groups is 2. The number of carbonyl (C=O) groups excluding carboxylic acids is 1. The van der Waals surface area contributed by atoms with Crippen molar-refractivity contribution in [2.75, 3.05) is 5.75 Å². The lowest BCUT2D eigenvalue weighted by Gasteiger charge is -2.08. The molecule has 0 radical (unpaired) electrons. The number of ether oxygens (including phenoxy) is 1. The van der Waals surface area contributed by atoms with Gasteiger partial charge in [0.2, 0.25) is 5.75 Å². The molecule has 36 heavy (non-hydrogen) atoms. The zero-order valence-electron chi connectivity index (χ0n) is 18.0. The molecule has 1 N–H and O–H groups in total. The SMILES string of the molecule is O=C(CSc1nc2ccccc2s1)N/N=C\c1ccc(Oc2ccc([N+](=O)[O-])cc2[N+](=O)[O-])c(Br)c1. The standard InChI is InChI=1S/C22H14BrN5O6S2/c23-15-9-13(5-7-18(15)34-19-8-6-14(27(30)31)10-17(19)28(32)33)11-24-26-21(29)12-35-22-25-16-3-1-2-4-20(16)36-22/h1-11H,12H2,(H,26,29)/b24-11-. The molecule has 11 nitrogen and oxygen atoms in total. The lowest BCUT2D eigenvalue weighted by molar-refractivity contribution is -0.394. The van der Waals surface area contributed by atoms with Gasteiger partial charge >= 0.3 is 5.69 Å². The molecule has 4 rings (SSSR count). The molecule has 0 aliphatic carbocycles. The van der Waals surface area contributed by atoms with Crippen LogP contribution in [0.5, 0.6) is 11.5 Å². The lowest BCUT2D eigenvalue weighted by atomic mass is 10.2. The number of nitrogens with zero attached hydrogens (tertiary/aromatic N) is 4. The molecule has 0 aliphatic heterocycles. The first-order valence-electron chi connectivity index (χ1n) is 10.0. The van der Waals surface area contributed by atoms with Crippen molar-refractivity contribution < 1.29 is 19.4 Å². The summed E-state index contributed by atoms with van der Waals surface area (Å²) in [5, 5.41) is 26.1. The molecule has 1 amide bonds. The van der Waals surface area contributed by atoms with E-state index in [0.29, 0.717) is 10.0 Å². The van der Waals surface area contributed by atoms with E-state index in [9.17, 15) is 25.0 Å². The number of amides is 1. The van der Waals surface area contributed by atoms with Crippen molar-refractivity contribution >= 4 is 72.7 Å². The number of non-ortho nitro benzene ring substituents is 1. The third kappa shape index (κ3) is 6.21. The first-order chi connectivity index (χ1) is 17.3. The van der Waals surface area contributed by atoms with Crippen LogP contribution in [-0.4, -0.2) is 32.7 Å². The Hall–Kier alpha value is -3.88. The quantitative estimate of drug-likeness (QED) is 0.110. The Morgan fingerprint density at radius 2 is 1.89 bits per heavy atom. The second-order valence-corrected chi connectivity index (χ2v) is 10.1. The van der Waals surface area contributed by atoms with E-state index in [1.807, 2.05) is 24.3 Å². The number of thiazole rings is 1. The first kappa shape index (κ1) is 25.2. The number of rotatable bonds is 9. The highest BCUT2D eigenvalue weighted by molar-refractivity contribution is 9.10. The van der Waals surface area contributed by atoms with Crippen LogP contribution in [0.15, 0.2) is 74.6 Å². The van der Waals surface area contributed by atoms with Crippen LogP contribution >= 0.6 is 39.0 Å². The lowest BCUT2D eigenvalue weighted by Crippen LogP contribution is -2.19. The number of para-hydroxylation sites is 1. The highest BCUT2D eigenvalue weighted by Gasteiger charge is 2.21. The van der Waals surface area contributed by atoms with Gasteiger partial charge in [-0.05, 0) is 57.9 Å². The molecule has 14 heteroatoms. The minimum Gasteiger partial charge on any atom is -0.449 e. The van der Waals surface area contributed by atoms with E-state index in [4.69, 9.17) is 4.74 Å². The minimum atomic E-state index is -0.755. The molecule has 0 atom stereocenters. The summed E-state index contributed by atoms with van der Waals surface area (Å²) in [5.41, 5.74) is 3.01. The molecule has 0 bridgehead atoms. The van der Waals surface area contributed by atoms with Crippen LogP contribution in [0.25, 0.3) is 10.2 Å². The maximum absolute atomic E-state index is 12.1. The molecule has 3 aromatic carbocycles. The molecule has 0 aliphatic rings. The number of nitro benzene ring substituents is 2. The van der Waals surface area contributed by atoms with Crippen LogP contribution in [0.4, 0.5) is 11.4 Å². The number of aromatic nitrogens is 1. The van der Waals surface area contributed by atoms with Crippen LogP contribution < -0.4 is 10.2 Å². The van der Waals surface area contributed by atoms with Crippen molar-refractivity contribution in [1.82, 2.24) is 10.4 Å². The number of carbonyl (C=O) groups is 1. The van der Waals surface area contributed by atoms with Crippen molar-refractivity contribution in [1.29, 1.82) is 0 Å². The molecule has 0 spiro atoms. The van der Waals surface area contributed by atoms with Crippen LogP contribution in [0.1, 0.15) is 5.56 Å². The molecule has 1 heterocycles. The van der Waals surface area contributed by atoms with E-state index in [1.54, 1.807) is 18.2 Å². The number of hydrogen-bond donors (Lipinski definition) is 1. The van der Waals surface area contributed by atoms with Gasteiger partial charge in [-0.25, -0.2) is 10.4 Å². The molecule has 0 saturated heterocycles. The maximum Gasteiger partial charge on any atom is 0.318 e. The molecule has 4 aromatic rings. The van der Waals surface area contributed by atoms with Crippen molar-refractivity contribution in [3.63, 3.8) is 0 Å². The second kappa shape index (κ2) is 11.2. The van der Waals surface area contributed by atoms with E-state index in [-0.39, 0.29) is 23.2 Å². The number of hydrogen-bond acceptors (Lipinski definition) is 10. The molecule has 182 valence electrons. The fraction of sp³-hybridized carbons (Fsp3) is 0.0455. The van der Waals surface area contributed by atoms with Gasteiger partial charge in [0.25, 0.3) is 11.6 Å². The highest BCUT2D eigenvalue weighted by Crippen LogP contribution is 2.37. The second-order valence-electron chi connectivity index (χ2n) is 6.99. The van der Waals surface area contributed by atoms with Gasteiger partial charge in [0.05, 0.1) is 42.6 Å². The van der Waals surface area contributed by atoms with E-state index < -0.39 is 21.2 Å². The third-order valence-corrected chi connectivity index (χ3v) is 7.33. The summed E-state index contributed by atoms with van der Waals surface area (Å²) < 4.78 is 7.90. The molecule has 0 fully saturated rings. The molecule has 1 aromatic heterocycles. The van der Waals surface area contributed by atoms with Crippen LogP contribution in [0.2, 0.25) is 0 Å². The average Bonchev–Trinajstić information content (AvgIpc) is 3.27.